The summed E-state index contributed by atoms with van der Waals surface area (Å²) in [6, 6.07) is 6.69. The molecule has 2 heterocycles. The Labute approximate surface area is 136 Å². The number of fused-ring (bicyclic) bond motifs is 1. The van der Waals surface area contributed by atoms with Crippen molar-refractivity contribution in [2.45, 2.75) is 18.1 Å². The first-order valence-corrected chi connectivity index (χ1v) is 9.08. The van der Waals surface area contributed by atoms with Crippen LogP contribution in [0, 0.1) is 13.8 Å². The smallest absolute Gasteiger partial charge is 0.352 e. The first kappa shape index (κ1) is 15.6. The van der Waals surface area contributed by atoms with E-state index in [-0.39, 0.29) is 9.90 Å². The maximum atomic E-state index is 12.5. The molecule has 0 saturated heterocycles. The van der Waals surface area contributed by atoms with Gasteiger partial charge < -0.3 is 10.1 Å². The summed E-state index contributed by atoms with van der Waals surface area (Å²) in [5, 5.41) is 11.5. The van der Waals surface area contributed by atoms with Gasteiger partial charge in [-0.2, -0.15) is 0 Å². The normalized spacial score (nSPS) is 11.7. The maximum Gasteiger partial charge on any atom is 0.352 e. The lowest BCUT2D eigenvalue weighted by molar-refractivity contribution is 0.0691. The predicted octanol–water partition coefficient (Wildman–Crippen LogP) is 3.35. The van der Waals surface area contributed by atoms with Crippen molar-refractivity contribution in [3.63, 3.8) is 0 Å². The second kappa shape index (κ2) is 5.39. The molecule has 0 amide bonds. The van der Waals surface area contributed by atoms with Crippen molar-refractivity contribution < 1.29 is 18.3 Å². The Hall–Kier alpha value is -2.32. The molecular formula is C15H14N2O4S2. The number of sulfonamides is 1. The van der Waals surface area contributed by atoms with Gasteiger partial charge in [-0.25, -0.2) is 13.2 Å². The molecule has 120 valence electrons. The molecule has 0 atom stereocenters. The largest absolute Gasteiger partial charge is 0.477 e. The number of hydrogen-bond acceptors (Lipinski definition) is 4. The van der Waals surface area contributed by atoms with Gasteiger partial charge in [0.15, 0.2) is 0 Å². The average molecular weight is 350 g/mol. The van der Waals surface area contributed by atoms with Gasteiger partial charge in [0.2, 0.25) is 0 Å². The molecule has 2 aromatic heterocycles. The zero-order valence-corrected chi connectivity index (χ0v) is 14.0. The minimum absolute atomic E-state index is 0.0124. The number of anilines is 1. The summed E-state index contributed by atoms with van der Waals surface area (Å²) in [7, 11) is -3.72. The number of aromatic amines is 1. The Bertz CT molecular complexity index is 1020. The molecular weight excluding hydrogens is 336 g/mol. The fraction of sp³-hybridized carbons (Fsp3) is 0.133. The molecule has 0 unspecified atom stereocenters. The molecule has 0 aliphatic carbocycles. The van der Waals surface area contributed by atoms with Crippen molar-refractivity contribution in [2.75, 3.05) is 4.72 Å². The lowest BCUT2D eigenvalue weighted by Gasteiger charge is -2.09. The van der Waals surface area contributed by atoms with Crippen molar-refractivity contribution in [2.24, 2.45) is 0 Å². The van der Waals surface area contributed by atoms with Gasteiger partial charge in [0, 0.05) is 5.39 Å². The number of carbonyl (C=O) groups is 1. The first-order chi connectivity index (χ1) is 10.8. The highest BCUT2D eigenvalue weighted by atomic mass is 32.2. The van der Waals surface area contributed by atoms with Crippen LogP contribution in [0.3, 0.4) is 0 Å². The lowest BCUT2D eigenvalue weighted by atomic mass is 10.1. The van der Waals surface area contributed by atoms with Crippen LogP contribution in [0.1, 0.15) is 21.6 Å². The van der Waals surface area contributed by atoms with Crippen molar-refractivity contribution in [1.29, 1.82) is 0 Å². The number of aromatic nitrogens is 1. The third kappa shape index (κ3) is 2.82. The molecule has 0 saturated carbocycles. The molecule has 1 aromatic carbocycles. The predicted molar refractivity (Wildman–Crippen MR) is 89.9 cm³/mol. The minimum Gasteiger partial charge on any atom is -0.477 e. The highest BCUT2D eigenvalue weighted by Crippen LogP contribution is 2.30. The quantitative estimate of drug-likeness (QED) is 0.672. The van der Waals surface area contributed by atoms with Crippen LogP contribution >= 0.6 is 11.3 Å². The van der Waals surface area contributed by atoms with E-state index < -0.39 is 16.0 Å². The molecule has 3 aromatic rings. The van der Waals surface area contributed by atoms with Crippen LogP contribution < -0.4 is 4.72 Å². The molecule has 0 aliphatic rings. The van der Waals surface area contributed by atoms with E-state index >= 15 is 0 Å². The minimum atomic E-state index is -3.72. The summed E-state index contributed by atoms with van der Waals surface area (Å²) in [6.45, 7) is 3.55. The second-order valence-electron chi connectivity index (χ2n) is 5.26. The molecule has 23 heavy (non-hydrogen) atoms. The van der Waals surface area contributed by atoms with E-state index in [2.05, 4.69) is 9.71 Å². The van der Waals surface area contributed by atoms with E-state index in [9.17, 15) is 13.2 Å². The Morgan fingerprint density at radius 1 is 1.26 bits per heavy atom. The Morgan fingerprint density at radius 2 is 2.00 bits per heavy atom. The highest BCUT2D eigenvalue weighted by molar-refractivity contribution is 7.94. The third-order valence-electron chi connectivity index (χ3n) is 3.41. The van der Waals surface area contributed by atoms with E-state index in [1.54, 1.807) is 30.5 Å². The van der Waals surface area contributed by atoms with E-state index in [0.717, 1.165) is 16.9 Å². The van der Waals surface area contributed by atoms with Crippen molar-refractivity contribution >= 4 is 43.9 Å². The summed E-state index contributed by atoms with van der Waals surface area (Å²) in [5.74, 6) is -1.10. The number of rotatable bonds is 4. The Kier molecular flexibility index (Phi) is 3.65. The van der Waals surface area contributed by atoms with Crippen molar-refractivity contribution in [1.82, 2.24) is 4.98 Å². The summed E-state index contributed by atoms with van der Waals surface area (Å²) < 4.78 is 27.9. The highest BCUT2D eigenvalue weighted by Gasteiger charge is 2.20. The molecule has 6 nitrogen and oxygen atoms in total. The molecule has 3 rings (SSSR count). The van der Waals surface area contributed by atoms with Crippen LogP contribution in [0.5, 0.6) is 0 Å². The Morgan fingerprint density at radius 3 is 2.61 bits per heavy atom. The number of H-pyrrole nitrogens is 1. The molecule has 0 radical (unpaired) electrons. The van der Waals surface area contributed by atoms with Gasteiger partial charge in [-0.1, -0.05) is 0 Å². The number of nitrogens with one attached hydrogen (secondary N) is 2. The standard InChI is InChI=1S/C15H14N2O4S2/c1-8-5-10-7-12(14(18)19)16-13(10)11(6-8)17-23(20,21)15-9(2)3-4-22-15/h3-7,16-17H,1-2H3,(H,18,19). The second-order valence-corrected chi connectivity index (χ2v) is 8.06. The summed E-state index contributed by atoms with van der Waals surface area (Å²) in [6.07, 6.45) is 0. The molecule has 0 fully saturated rings. The molecule has 0 aliphatic heterocycles. The maximum absolute atomic E-state index is 12.5. The number of carboxylic acids is 1. The van der Waals surface area contributed by atoms with Crippen molar-refractivity contribution in [3.05, 3.63) is 46.5 Å². The molecule has 0 spiro atoms. The summed E-state index contributed by atoms with van der Waals surface area (Å²) in [5.41, 5.74) is 2.29. The summed E-state index contributed by atoms with van der Waals surface area (Å²) in [4.78, 5) is 13.9. The zero-order chi connectivity index (χ0) is 16.8. The third-order valence-corrected chi connectivity index (χ3v) is 6.46. The van der Waals surface area contributed by atoms with Crippen LogP contribution in [0.25, 0.3) is 10.9 Å². The monoisotopic (exact) mass is 350 g/mol. The van der Waals surface area contributed by atoms with E-state index in [4.69, 9.17) is 5.11 Å². The van der Waals surface area contributed by atoms with Crippen LogP contribution in [-0.4, -0.2) is 24.5 Å². The van der Waals surface area contributed by atoms with E-state index in [0.29, 0.717) is 22.2 Å². The number of hydrogen-bond donors (Lipinski definition) is 3. The van der Waals surface area contributed by atoms with Gasteiger partial charge >= 0.3 is 5.97 Å². The number of benzene rings is 1. The first-order valence-electron chi connectivity index (χ1n) is 6.71. The van der Waals surface area contributed by atoms with Gasteiger partial charge in [0.1, 0.15) is 9.90 Å². The molecule has 8 heteroatoms. The Balaban J connectivity index is 2.13. The molecule has 0 bridgehead atoms. The average Bonchev–Trinajstić information content (AvgIpc) is 3.04. The van der Waals surface area contributed by atoms with Gasteiger partial charge in [0.25, 0.3) is 10.0 Å². The SMILES string of the molecule is Cc1cc(NS(=O)(=O)c2sccc2C)c2[nH]c(C(=O)O)cc2c1. The van der Waals surface area contributed by atoms with Crippen molar-refractivity contribution in [3.8, 4) is 0 Å². The fourth-order valence-electron chi connectivity index (χ4n) is 2.42. The van der Waals surface area contributed by atoms with Gasteiger partial charge in [-0.3, -0.25) is 4.72 Å². The number of carboxylic acid groups (broad SMARTS) is 1. The van der Waals surface area contributed by atoms with Gasteiger partial charge in [-0.05, 0) is 54.6 Å². The van der Waals surface area contributed by atoms with Gasteiger partial charge in [0.05, 0.1) is 11.2 Å². The van der Waals surface area contributed by atoms with Gasteiger partial charge in [-0.15, -0.1) is 11.3 Å². The van der Waals surface area contributed by atoms with Crippen LogP contribution in [0.15, 0.2) is 33.9 Å². The van der Waals surface area contributed by atoms with E-state index in [1.165, 1.54) is 6.07 Å². The van der Waals surface area contributed by atoms with Crippen LogP contribution in [0.4, 0.5) is 5.69 Å². The molecule has 3 N–H and O–H groups in total. The van der Waals surface area contributed by atoms with Crippen LogP contribution in [-0.2, 0) is 10.0 Å². The van der Waals surface area contributed by atoms with E-state index in [1.807, 2.05) is 6.92 Å². The summed E-state index contributed by atoms with van der Waals surface area (Å²) >= 11 is 1.14. The number of thiophene rings is 1. The topological polar surface area (TPSA) is 99.3 Å². The zero-order valence-electron chi connectivity index (χ0n) is 12.4. The number of aromatic carboxylic acids is 1. The van der Waals surface area contributed by atoms with Crippen LogP contribution in [0.2, 0.25) is 0 Å². The number of aryl methyl sites for hydroxylation is 2. The fourth-order valence-corrected chi connectivity index (χ4v) is 4.90. The lowest BCUT2D eigenvalue weighted by Crippen LogP contribution is -2.13.